The van der Waals surface area contributed by atoms with Crippen LogP contribution < -0.4 is 14.8 Å². The number of rotatable bonds is 9. The number of nitrogens with zero attached hydrogens (tertiary/aromatic N) is 2. The third-order valence-corrected chi connectivity index (χ3v) is 10.6. The Morgan fingerprint density at radius 3 is 2.37 bits per heavy atom. The van der Waals surface area contributed by atoms with E-state index >= 15 is 0 Å². The van der Waals surface area contributed by atoms with Crippen molar-refractivity contribution < 1.29 is 46.2 Å². The summed E-state index contributed by atoms with van der Waals surface area (Å²) in [4.78, 5) is 46.5. The monoisotopic (exact) mass is 604 g/mol. The Morgan fingerprint density at radius 1 is 1.03 bits per heavy atom. The first-order chi connectivity index (χ1) is 17.7. The van der Waals surface area contributed by atoms with Gasteiger partial charge in [-0.15, -0.1) is 11.3 Å². The van der Waals surface area contributed by atoms with Gasteiger partial charge in [0.25, 0.3) is 10.0 Å². The molecule has 0 aliphatic rings. The highest BCUT2D eigenvalue weighted by atomic mass is 32.2. The standard InChI is InChI=1S/C20H19FN4O9P2S2/c1-34-16-6-5-12(10-15(16)21)25-38(32,33)13-4-2-3-11(9-13)17-22-18(14-7-8-37-19(14)23-17)24-20(35(26,27)28)36(29,30)31/h2-10,20,25H,1H3,(H,22,23,24)(H2,26,27,28)(H2,29,30,31). The maximum absolute atomic E-state index is 14.0. The zero-order valence-electron chi connectivity index (χ0n) is 19.1. The quantitative estimate of drug-likeness (QED) is 0.152. The number of hydrogen-bond acceptors (Lipinski definition) is 9. The minimum Gasteiger partial charge on any atom is -0.494 e. The third kappa shape index (κ3) is 6.03. The smallest absolute Gasteiger partial charge is 0.360 e. The molecule has 0 bridgehead atoms. The molecule has 0 aliphatic heterocycles. The predicted molar refractivity (Wildman–Crippen MR) is 138 cm³/mol. The van der Waals surface area contributed by atoms with Crippen LogP contribution in [0.1, 0.15) is 0 Å². The minimum atomic E-state index is -5.33. The lowest BCUT2D eigenvalue weighted by molar-refractivity contribution is 0.343. The van der Waals surface area contributed by atoms with Crippen molar-refractivity contribution in [3.05, 3.63) is 59.7 Å². The van der Waals surface area contributed by atoms with Crippen LogP contribution in [0.25, 0.3) is 21.6 Å². The number of anilines is 2. The van der Waals surface area contributed by atoms with E-state index in [9.17, 15) is 41.5 Å². The van der Waals surface area contributed by atoms with Gasteiger partial charge in [0.05, 0.1) is 23.1 Å². The fourth-order valence-electron chi connectivity index (χ4n) is 3.33. The van der Waals surface area contributed by atoms with Crippen molar-refractivity contribution in [3.63, 3.8) is 0 Å². The maximum atomic E-state index is 14.0. The highest BCUT2D eigenvalue weighted by molar-refractivity contribution is 7.92. The number of halogens is 1. The van der Waals surface area contributed by atoms with Gasteiger partial charge in [0, 0.05) is 11.6 Å². The van der Waals surface area contributed by atoms with Crippen molar-refractivity contribution >= 4 is 58.3 Å². The van der Waals surface area contributed by atoms with Gasteiger partial charge in [0.2, 0.25) is 5.52 Å². The summed E-state index contributed by atoms with van der Waals surface area (Å²) in [6.45, 7) is 0. The van der Waals surface area contributed by atoms with E-state index < -0.39 is 36.6 Å². The Morgan fingerprint density at radius 2 is 1.74 bits per heavy atom. The molecule has 0 saturated heterocycles. The molecule has 0 spiro atoms. The summed E-state index contributed by atoms with van der Waals surface area (Å²) < 4.78 is 70.6. The van der Waals surface area contributed by atoms with E-state index in [4.69, 9.17) is 4.74 Å². The van der Waals surface area contributed by atoms with Crippen molar-refractivity contribution in [2.45, 2.75) is 10.4 Å². The fourth-order valence-corrected chi connectivity index (χ4v) is 7.33. The molecule has 2 aromatic carbocycles. The summed E-state index contributed by atoms with van der Waals surface area (Å²) in [6, 6.07) is 10.3. The Labute approximate surface area is 218 Å². The largest absolute Gasteiger partial charge is 0.494 e. The topological polar surface area (TPSA) is 208 Å². The zero-order valence-corrected chi connectivity index (χ0v) is 22.5. The molecule has 4 aromatic rings. The highest BCUT2D eigenvalue weighted by Crippen LogP contribution is 2.59. The Balaban J connectivity index is 1.73. The first-order valence-corrected chi connectivity index (χ1v) is 16.0. The van der Waals surface area contributed by atoms with E-state index in [0.717, 1.165) is 17.4 Å². The van der Waals surface area contributed by atoms with Crippen LogP contribution in [0.3, 0.4) is 0 Å². The molecule has 0 aliphatic carbocycles. The molecule has 0 amide bonds. The van der Waals surface area contributed by atoms with Gasteiger partial charge in [-0.3, -0.25) is 13.9 Å². The van der Waals surface area contributed by atoms with Gasteiger partial charge in [0.15, 0.2) is 17.4 Å². The molecule has 13 nitrogen and oxygen atoms in total. The molecule has 2 aromatic heterocycles. The third-order valence-electron chi connectivity index (χ3n) is 5.03. The molecule has 0 radical (unpaired) electrons. The number of benzene rings is 2. The van der Waals surface area contributed by atoms with Crippen LogP contribution in [0.15, 0.2) is 58.8 Å². The fraction of sp³-hybridized carbons (Fsp3) is 0.100. The van der Waals surface area contributed by atoms with Crippen LogP contribution in [0.2, 0.25) is 0 Å². The molecule has 2 heterocycles. The van der Waals surface area contributed by atoms with E-state index in [1.54, 1.807) is 5.38 Å². The van der Waals surface area contributed by atoms with Gasteiger partial charge in [-0.1, -0.05) is 12.1 Å². The van der Waals surface area contributed by atoms with E-state index in [2.05, 4.69) is 20.0 Å². The Kier molecular flexibility index (Phi) is 7.63. The lowest BCUT2D eigenvalue weighted by Crippen LogP contribution is -2.21. The summed E-state index contributed by atoms with van der Waals surface area (Å²) in [5.74, 6) is -1.21. The van der Waals surface area contributed by atoms with Gasteiger partial charge >= 0.3 is 15.2 Å². The maximum Gasteiger partial charge on any atom is 0.360 e. The molecule has 4 rings (SSSR count). The average Bonchev–Trinajstić information content (AvgIpc) is 3.30. The summed E-state index contributed by atoms with van der Waals surface area (Å²) in [5, 5.41) is 3.96. The van der Waals surface area contributed by atoms with Gasteiger partial charge < -0.3 is 29.6 Å². The molecule has 0 saturated carbocycles. The molecule has 6 N–H and O–H groups in total. The summed E-state index contributed by atoms with van der Waals surface area (Å²) in [7, 11) is -13.6. The lowest BCUT2D eigenvalue weighted by Gasteiger charge is -2.21. The predicted octanol–water partition coefficient (Wildman–Crippen LogP) is 3.36. The number of ether oxygens (including phenoxy) is 1. The summed E-state index contributed by atoms with van der Waals surface area (Å²) >= 11 is 1.11. The first-order valence-electron chi connectivity index (χ1n) is 10.3. The Hall–Kier alpha value is -2.94. The second kappa shape index (κ2) is 10.3. The van der Waals surface area contributed by atoms with Crippen molar-refractivity contribution in [1.29, 1.82) is 0 Å². The van der Waals surface area contributed by atoms with Crippen LogP contribution in [-0.2, 0) is 19.2 Å². The molecular weight excluding hydrogens is 585 g/mol. The zero-order chi connectivity index (χ0) is 27.9. The number of nitrogens with one attached hydrogen (secondary N) is 2. The van der Waals surface area contributed by atoms with Gasteiger partial charge in [-0.2, -0.15) is 0 Å². The number of methoxy groups -OCH3 is 1. The van der Waals surface area contributed by atoms with Crippen LogP contribution in [0, 0.1) is 5.82 Å². The first kappa shape index (κ1) is 28.1. The van der Waals surface area contributed by atoms with Crippen LogP contribution in [0.5, 0.6) is 5.75 Å². The number of sulfonamides is 1. The second-order valence-electron chi connectivity index (χ2n) is 7.71. The highest BCUT2D eigenvalue weighted by Gasteiger charge is 2.44. The van der Waals surface area contributed by atoms with Gasteiger partial charge in [-0.05, 0) is 35.7 Å². The van der Waals surface area contributed by atoms with Crippen LogP contribution in [-0.4, -0.2) is 50.6 Å². The average molecular weight is 604 g/mol. The lowest BCUT2D eigenvalue weighted by atomic mass is 10.2. The number of thiophene rings is 1. The Bertz CT molecular complexity index is 1700. The molecule has 18 heteroatoms. The van der Waals surface area contributed by atoms with E-state index in [1.165, 1.54) is 49.6 Å². The van der Waals surface area contributed by atoms with E-state index in [-0.39, 0.29) is 38.9 Å². The number of hydrogen-bond donors (Lipinski definition) is 6. The second-order valence-corrected chi connectivity index (χ2v) is 14.1. The van der Waals surface area contributed by atoms with Crippen molar-refractivity contribution in [2.75, 3.05) is 17.1 Å². The van der Waals surface area contributed by atoms with Gasteiger partial charge in [0.1, 0.15) is 10.6 Å². The molecule has 0 unspecified atom stereocenters. The molecular formula is C20H19FN4O9P2S2. The van der Waals surface area contributed by atoms with Crippen molar-refractivity contribution in [1.82, 2.24) is 9.97 Å². The number of aromatic nitrogens is 2. The van der Waals surface area contributed by atoms with Crippen LogP contribution >= 0.6 is 26.5 Å². The minimum absolute atomic E-state index is 0.0580. The van der Waals surface area contributed by atoms with E-state index in [1.807, 2.05) is 0 Å². The van der Waals surface area contributed by atoms with Gasteiger partial charge in [-0.25, -0.2) is 22.8 Å². The van der Waals surface area contributed by atoms with Crippen LogP contribution in [0.4, 0.5) is 15.9 Å². The molecule has 0 fully saturated rings. The SMILES string of the molecule is COc1ccc(NS(=O)(=O)c2cccc(-c3nc(NC(P(=O)(O)O)P(=O)(O)O)c4ccsc4n3)c2)cc1F. The van der Waals surface area contributed by atoms with E-state index in [0.29, 0.717) is 4.83 Å². The summed E-state index contributed by atoms with van der Waals surface area (Å²) in [6.07, 6.45) is 0. The molecule has 202 valence electrons. The van der Waals surface area contributed by atoms with Crippen molar-refractivity contribution in [2.24, 2.45) is 0 Å². The molecule has 38 heavy (non-hydrogen) atoms. The normalized spacial score (nSPS) is 12.6. The van der Waals surface area contributed by atoms with Crippen molar-refractivity contribution in [3.8, 4) is 17.1 Å². The summed E-state index contributed by atoms with van der Waals surface area (Å²) in [5.41, 5.74) is -2.46. The number of fused-ring (bicyclic) bond motifs is 1. The molecule has 0 atom stereocenters.